The van der Waals surface area contributed by atoms with Gasteiger partial charge in [-0.15, -0.1) is 0 Å². The maximum atomic E-state index is 11.5. The molecule has 0 aromatic heterocycles. The number of benzene rings is 4. The van der Waals surface area contributed by atoms with Crippen LogP contribution in [-0.4, -0.2) is 98.2 Å². The van der Waals surface area contributed by atoms with E-state index in [9.17, 15) is 24.3 Å². The number of ether oxygens (including phenoxy) is 6. The van der Waals surface area contributed by atoms with Gasteiger partial charge in [0.1, 0.15) is 36.2 Å². The SMILES string of the molecule is CCOCCOc1cccc(C(=O)O)c1C.CCOCCOc1cccc(C(=O)OC)c1C.COC(=O)c1cccc(O)c1C.Cc1c(O)cccc1C(=O)O. The third-order valence-electron chi connectivity index (χ3n) is 7.83. The van der Waals surface area contributed by atoms with Gasteiger partial charge in [-0.3, -0.25) is 0 Å². The smallest absolute Gasteiger partial charge is 0.338 e. The van der Waals surface area contributed by atoms with Gasteiger partial charge in [-0.2, -0.15) is 0 Å². The molecule has 0 atom stereocenters. The van der Waals surface area contributed by atoms with Crippen molar-refractivity contribution in [3.63, 3.8) is 0 Å². The van der Waals surface area contributed by atoms with Crippen LogP contribution in [0.1, 0.15) is 77.5 Å². The van der Waals surface area contributed by atoms with Crippen molar-refractivity contribution in [3.05, 3.63) is 117 Å². The molecule has 14 heteroatoms. The fourth-order valence-electron chi connectivity index (χ4n) is 4.62. The van der Waals surface area contributed by atoms with Crippen LogP contribution in [0.15, 0.2) is 72.8 Å². The molecule has 0 aliphatic carbocycles. The molecular weight excluding hydrogens is 728 g/mol. The lowest BCUT2D eigenvalue weighted by molar-refractivity contribution is 0.0590. The fourth-order valence-corrected chi connectivity index (χ4v) is 4.62. The van der Waals surface area contributed by atoms with Crippen molar-refractivity contribution in [2.24, 2.45) is 0 Å². The normalized spacial score (nSPS) is 9.86. The van der Waals surface area contributed by atoms with Gasteiger partial charge in [0.05, 0.1) is 49.7 Å². The van der Waals surface area contributed by atoms with Crippen LogP contribution in [0.5, 0.6) is 23.0 Å². The van der Waals surface area contributed by atoms with Crippen LogP contribution in [0.4, 0.5) is 0 Å². The van der Waals surface area contributed by atoms with Gasteiger partial charge in [-0.05, 0) is 90.1 Å². The van der Waals surface area contributed by atoms with E-state index < -0.39 is 17.9 Å². The number of hydrogen-bond donors (Lipinski definition) is 4. The van der Waals surface area contributed by atoms with E-state index in [1.165, 1.54) is 38.5 Å². The van der Waals surface area contributed by atoms with Gasteiger partial charge in [0.25, 0.3) is 0 Å². The summed E-state index contributed by atoms with van der Waals surface area (Å²) in [7, 11) is 2.68. The lowest BCUT2D eigenvalue weighted by Crippen LogP contribution is -2.09. The number of hydrogen-bond acceptors (Lipinski definition) is 12. The average Bonchev–Trinajstić information content (AvgIpc) is 3.18. The summed E-state index contributed by atoms with van der Waals surface area (Å²) in [4.78, 5) is 43.8. The predicted octanol–water partition coefficient (Wildman–Crippen LogP) is 7.19. The summed E-state index contributed by atoms with van der Waals surface area (Å²) in [6.07, 6.45) is 0. The summed E-state index contributed by atoms with van der Waals surface area (Å²) in [5, 5.41) is 35.8. The van der Waals surface area contributed by atoms with Crippen LogP contribution in [0.25, 0.3) is 0 Å². The summed E-state index contributed by atoms with van der Waals surface area (Å²) in [6, 6.07) is 19.5. The molecular formula is C42H52O14. The summed E-state index contributed by atoms with van der Waals surface area (Å²) in [6.45, 7) is 13.9. The lowest BCUT2D eigenvalue weighted by Gasteiger charge is -2.11. The molecule has 0 aliphatic heterocycles. The maximum Gasteiger partial charge on any atom is 0.338 e. The number of carboxylic acids is 2. The Bertz CT molecular complexity index is 1870. The third kappa shape index (κ3) is 15.7. The first kappa shape index (κ1) is 47.9. The van der Waals surface area contributed by atoms with E-state index in [-0.39, 0.29) is 28.6 Å². The van der Waals surface area contributed by atoms with E-state index in [1.54, 1.807) is 63.2 Å². The molecule has 304 valence electrons. The average molecular weight is 781 g/mol. The second-order valence-corrected chi connectivity index (χ2v) is 11.4. The Hall–Kier alpha value is -6.12. The molecule has 0 aliphatic rings. The molecule has 0 amide bonds. The first-order valence-corrected chi connectivity index (χ1v) is 17.5. The van der Waals surface area contributed by atoms with Gasteiger partial charge in [-0.1, -0.05) is 24.3 Å². The van der Waals surface area contributed by atoms with Crippen LogP contribution >= 0.6 is 0 Å². The van der Waals surface area contributed by atoms with Crippen molar-refractivity contribution in [1.82, 2.24) is 0 Å². The molecule has 0 heterocycles. The number of esters is 2. The van der Waals surface area contributed by atoms with E-state index in [4.69, 9.17) is 39.0 Å². The number of aromatic hydroxyl groups is 2. The second-order valence-electron chi connectivity index (χ2n) is 11.4. The Labute approximate surface area is 327 Å². The van der Waals surface area contributed by atoms with Gasteiger partial charge >= 0.3 is 23.9 Å². The number of carboxylic acid groups (broad SMARTS) is 2. The zero-order valence-corrected chi connectivity index (χ0v) is 33.0. The molecule has 56 heavy (non-hydrogen) atoms. The molecule has 0 bridgehead atoms. The van der Waals surface area contributed by atoms with Crippen LogP contribution in [0.2, 0.25) is 0 Å². The van der Waals surface area contributed by atoms with Crippen LogP contribution in [0, 0.1) is 27.7 Å². The van der Waals surface area contributed by atoms with Crippen molar-refractivity contribution in [1.29, 1.82) is 0 Å². The zero-order valence-electron chi connectivity index (χ0n) is 33.0. The van der Waals surface area contributed by atoms with E-state index >= 15 is 0 Å². The topological polar surface area (TPSA) is 205 Å². The number of phenols is 2. The first-order valence-electron chi connectivity index (χ1n) is 17.5. The van der Waals surface area contributed by atoms with Crippen molar-refractivity contribution in [2.75, 3.05) is 53.9 Å². The van der Waals surface area contributed by atoms with Gasteiger partial charge < -0.3 is 48.8 Å². The van der Waals surface area contributed by atoms with Crippen molar-refractivity contribution in [3.8, 4) is 23.0 Å². The minimum atomic E-state index is -1.02. The standard InChI is InChI=1S/C13H18O4.C12H16O4.C9H10O3.C8H8O3/c1-4-16-8-9-17-12-7-5-6-11(10(12)2)13(14)15-3;1-3-15-7-8-16-11-6-4-5-10(9(11)2)12(13)14;1-6-7(9(11)12-2)4-3-5-8(6)10;1-5-6(8(10)11)3-2-4-7(5)9/h5-7H,4,8-9H2,1-3H3;4-6H,3,7-8H2,1-2H3,(H,13,14);3-5,10H,1-2H3;2-4,9H,1H3,(H,10,11). The fraction of sp³-hybridized carbons (Fsp3) is 0.333. The Morgan fingerprint density at radius 1 is 0.482 bits per heavy atom. The third-order valence-corrected chi connectivity index (χ3v) is 7.83. The van der Waals surface area contributed by atoms with Crippen molar-refractivity contribution < 1.29 is 68.0 Å². The largest absolute Gasteiger partial charge is 0.508 e. The highest BCUT2D eigenvalue weighted by molar-refractivity contribution is 5.92. The van der Waals surface area contributed by atoms with E-state index in [0.717, 1.165) is 5.56 Å². The molecule has 4 aromatic carbocycles. The molecule has 0 saturated heterocycles. The maximum absolute atomic E-state index is 11.5. The van der Waals surface area contributed by atoms with Crippen LogP contribution < -0.4 is 9.47 Å². The number of aromatic carboxylic acids is 2. The molecule has 4 rings (SSSR count). The Morgan fingerprint density at radius 3 is 1.16 bits per heavy atom. The molecule has 0 unspecified atom stereocenters. The van der Waals surface area contributed by atoms with Crippen LogP contribution in [0.3, 0.4) is 0 Å². The Balaban J connectivity index is 0.000000379. The number of rotatable bonds is 14. The van der Waals surface area contributed by atoms with Gasteiger partial charge in [0.15, 0.2) is 0 Å². The van der Waals surface area contributed by atoms with Gasteiger partial charge in [0, 0.05) is 35.5 Å². The highest BCUT2D eigenvalue weighted by atomic mass is 16.5. The monoisotopic (exact) mass is 780 g/mol. The highest BCUT2D eigenvalue weighted by Crippen LogP contribution is 2.23. The molecule has 14 nitrogen and oxygen atoms in total. The van der Waals surface area contributed by atoms with E-state index in [2.05, 4.69) is 4.74 Å². The summed E-state index contributed by atoms with van der Waals surface area (Å²) in [5.41, 5.74) is 3.73. The molecule has 4 aromatic rings. The minimum absolute atomic E-state index is 0.0184. The van der Waals surface area contributed by atoms with Crippen LogP contribution in [-0.2, 0) is 18.9 Å². The number of methoxy groups -OCH3 is 2. The second kappa shape index (κ2) is 25.8. The highest BCUT2D eigenvalue weighted by Gasteiger charge is 2.13. The number of carbonyl (C=O) groups excluding carboxylic acids is 2. The van der Waals surface area contributed by atoms with Gasteiger partial charge in [0.2, 0.25) is 0 Å². The molecule has 0 saturated carbocycles. The Morgan fingerprint density at radius 2 is 0.804 bits per heavy atom. The van der Waals surface area contributed by atoms with E-state index in [0.29, 0.717) is 79.0 Å². The zero-order chi connectivity index (χ0) is 42.2. The summed E-state index contributed by atoms with van der Waals surface area (Å²) in [5.74, 6) is -1.32. The van der Waals surface area contributed by atoms with E-state index in [1.807, 2.05) is 26.8 Å². The Kier molecular flexibility index (Phi) is 22.1. The number of phenolic OH excluding ortho intramolecular Hbond substituents is 2. The van der Waals surface area contributed by atoms with Crippen molar-refractivity contribution in [2.45, 2.75) is 41.5 Å². The van der Waals surface area contributed by atoms with Crippen molar-refractivity contribution >= 4 is 23.9 Å². The number of carbonyl (C=O) groups is 4. The quantitative estimate of drug-likeness (QED) is 0.0739. The minimum Gasteiger partial charge on any atom is -0.508 e. The lowest BCUT2D eigenvalue weighted by atomic mass is 10.1. The first-order chi connectivity index (χ1) is 26.7. The molecule has 0 fully saturated rings. The van der Waals surface area contributed by atoms with Gasteiger partial charge in [-0.25, -0.2) is 19.2 Å². The molecule has 0 radical (unpaired) electrons. The predicted molar refractivity (Wildman–Crippen MR) is 209 cm³/mol. The summed E-state index contributed by atoms with van der Waals surface area (Å²) < 4.78 is 30.5. The molecule has 4 N–H and O–H groups in total. The summed E-state index contributed by atoms with van der Waals surface area (Å²) >= 11 is 0. The molecule has 0 spiro atoms.